The van der Waals surface area contributed by atoms with Crippen molar-refractivity contribution in [1.29, 1.82) is 0 Å². The SMILES string of the molecule is CN(C)S(=O)(=O)CC1CN(C(=O)c2ccc(C(C)(C)C)cc2)CC1O. The predicted octanol–water partition coefficient (Wildman–Crippen LogP) is 1.31. The van der Waals surface area contributed by atoms with Crippen molar-refractivity contribution in [3.8, 4) is 0 Å². The van der Waals surface area contributed by atoms with Crippen LogP contribution in [0.15, 0.2) is 24.3 Å². The van der Waals surface area contributed by atoms with Gasteiger partial charge in [0.2, 0.25) is 10.0 Å². The highest BCUT2D eigenvalue weighted by Crippen LogP contribution is 2.25. The van der Waals surface area contributed by atoms with Crippen LogP contribution in [0, 0.1) is 5.92 Å². The Morgan fingerprint density at radius 3 is 2.24 bits per heavy atom. The Hall–Kier alpha value is -1.44. The van der Waals surface area contributed by atoms with Gasteiger partial charge in [-0.25, -0.2) is 12.7 Å². The second-order valence-corrected chi connectivity index (χ2v) is 10.2. The molecule has 0 bridgehead atoms. The molecule has 7 heteroatoms. The third-order valence-electron chi connectivity index (χ3n) is 4.67. The zero-order valence-corrected chi connectivity index (χ0v) is 16.4. The minimum Gasteiger partial charge on any atom is -0.391 e. The van der Waals surface area contributed by atoms with E-state index in [-0.39, 0.29) is 30.2 Å². The van der Waals surface area contributed by atoms with Gasteiger partial charge >= 0.3 is 0 Å². The molecule has 1 amide bonds. The summed E-state index contributed by atoms with van der Waals surface area (Å²) in [7, 11) is -0.478. The summed E-state index contributed by atoms with van der Waals surface area (Å²) in [6.07, 6.45) is -0.826. The van der Waals surface area contributed by atoms with E-state index in [1.807, 2.05) is 12.1 Å². The van der Waals surface area contributed by atoms with Crippen molar-refractivity contribution >= 4 is 15.9 Å². The van der Waals surface area contributed by atoms with Crippen molar-refractivity contribution in [2.24, 2.45) is 5.92 Å². The second kappa shape index (κ2) is 7.05. The van der Waals surface area contributed by atoms with Gasteiger partial charge in [0.05, 0.1) is 11.9 Å². The van der Waals surface area contributed by atoms with Crippen LogP contribution >= 0.6 is 0 Å². The Kier molecular flexibility index (Phi) is 5.61. The number of aliphatic hydroxyl groups is 1. The Balaban J connectivity index is 2.09. The van der Waals surface area contributed by atoms with Crippen molar-refractivity contribution in [3.05, 3.63) is 35.4 Å². The third-order valence-corrected chi connectivity index (χ3v) is 6.63. The Morgan fingerprint density at radius 1 is 1.20 bits per heavy atom. The van der Waals surface area contributed by atoms with Crippen molar-refractivity contribution in [1.82, 2.24) is 9.21 Å². The highest BCUT2D eigenvalue weighted by Gasteiger charge is 2.37. The van der Waals surface area contributed by atoms with Gasteiger partial charge in [0.25, 0.3) is 5.91 Å². The van der Waals surface area contributed by atoms with E-state index >= 15 is 0 Å². The van der Waals surface area contributed by atoms with E-state index in [4.69, 9.17) is 0 Å². The first-order chi connectivity index (χ1) is 11.4. The van der Waals surface area contributed by atoms with Crippen LogP contribution in [0.4, 0.5) is 0 Å². The number of aliphatic hydroxyl groups excluding tert-OH is 1. The highest BCUT2D eigenvalue weighted by molar-refractivity contribution is 7.89. The molecule has 2 rings (SSSR count). The summed E-state index contributed by atoms with van der Waals surface area (Å²) in [5.41, 5.74) is 1.70. The fourth-order valence-corrected chi connectivity index (χ4v) is 4.07. The molecule has 0 spiro atoms. The molecule has 1 aliphatic rings. The maximum atomic E-state index is 12.7. The summed E-state index contributed by atoms with van der Waals surface area (Å²) in [5, 5.41) is 10.2. The van der Waals surface area contributed by atoms with E-state index in [2.05, 4.69) is 20.8 Å². The monoisotopic (exact) mass is 368 g/mol. The van der Waals surface area contributed by atoms with Gasteiger partial charge in [0.1, 0.15) is 0 Å². The molecular formula is C18H28N2O4S. The lowest BCUT2D eigenvalue weighted by molar-refractivity contribution is 0.0764. The first kappa shape index (κ1) is 19.9. The molecule has 1 saturated heterocycles. The fourth-order valence-electron chi connectivity index (χ4n) is 2.90. The van der Waals surface area contributed by atoms with E-state index in [9.17, 15) is 18.3 Å². The number of hydrogen-bond acceptors (Lipinski definition) is 4. The van der Waals surface area contributed by atoms with Crippen LogP contribution in [0.25, 0.3) is 0 Å². The van der Waals surface area contributed by atoms with Gasteiger partial charge in [0, 0.05) is 38.7 Å². The predicted molar refractivity (Wildman–Crippen MR) is 98.0 cm³/mol. The van der Waals surface area contributed by atoms with E-state index in [1.54, 1.807) is 12.1 Å². The molecule has 1 aromatic rings. The average molecular weight is 368 g/mol. The van der Waals surface area contributed by atoms with Crippen molar-refractivity contribution in [2.45, 2.75) is 32.3 Å². The number of likely N-dealkylation sites (tertiary alicyclic amines) is 1. The largest absolute Gasteiger partial charge is 0.391 e. The molecular weight excluding hydrogens is 340 g/mol. The molecule has 1 aliphatic heterocycles. The highest BCUT2D eigenvalue weighted by atomic mass is 32.2. The van der Waals surface area contributed by atoms with Crippen LogP contribution in [0.2, 0.25) is 0 Å². The first-order valence-electron chi connectivity index (χ1n) is 8.40. The Labute approximate surface area is 150 Å². The topological polar surface area (TPSA) is 77.9 Å². The molecule has 2 atom stereocenters. The lowest BCUT2D eigenvalue weighted by Gasteiger charge is -2.20. The van der Waals surface area contributed by atoms with Crippen LogP contribution in [-0.2, 0) is 15.4 Å². The van der Waals surface area contributed by atoms with E-state index in [1.165, 1.54) is 19.0 Å². The summed E-state index contributed by atoms with van der Waals surface area (Å²) >= 11 is 0. The number of benzene rings is 1. The Bertz CT molecular complexity index is 720. The summed E-state index contributed by atoms with van der Waals surface area (Å²) < 4.78 is 25.2. The normalized spacial score (nSPS) is 21.8. The summed E-state index contributed by atoms with van der Waals surface area (Å²) in [6.45, 7) is 6.73. The van der Waals surface area contributed by atoms with E-state index in [0.29, 0.717) is 5.56 Å². The zero-order valence-electron chi connectivity index (χ0n) is 15.6. The smallest absolute Gasteiger partial charge is 0.253 e. The average Bonchev–Trinajstić information content (AvgIpc) is 2.86. The number of hydrogen-bond donors (Lipinski definition) is 1. The molecule has 2 unspecified atom stereocenters. The van der Waals surface area contributed by atoms with Gasteiger partial charge in [0.15, 0.2) is 0 Å². The van der Waals surface area contributed by atoms with Crippen molar-refractivity contribution in [3.63, 3.8) is 0 Å². The fraction of sp³-hybridized carbons (Fsp3) is 0.611. The first-order valence-corrected chi connectivity index (χ1v) is 10.0. The van der Waals surface area contributed by atoms with Gasteiger partial charge in [-0.3, -0.25) is 4.79 Å². The van der Waals surface area contributed by atoms with E-state index in [0.717, 1.165) is 9.87 Å². The molecule has 25 heavy (non-hydrogen) atoms. The van der Waals surface area contributed by atoms with Crippen LogP contribution in [-0.4, -0.2) is 67.7 Å². The molecule has 6 nitrogen and oxygen atoms in total. The van der Waals surface area contributed by atoms with Gasteiger partial charge in [-0.1, -0.05) is 32.9 Å². The third kappa shape index (κ3) is 4.59. The molecule has 0 aliphatic carbocycles. The van der Waals surface area contributed by atoms with Gasteiger partial charge in [-0.15, -0.1) is 0 Å². The maximum Gasteiger partial charge on any atom is 0.253 e. The Morgan fingerprint density at radius 2 is 1.76 bits per heavy atom. The lowest BCUT2D eigenvalue weighted by Crippen LogP contribution is -2.33. The summed E-state index contributed by atoms with van der Waals surface area (Å²) in [5.74, 6) is -0.803. The minimum atomic E-state index is -3.41. The van der Waals surface area contributed by atoms with E-state index < -0.39 is 22.0 Å². The molecule has 1 aromatic carbocycles. The number of β-amino-alcohol motifs (C(OH)–C–C–N with tert-alkyl or cyclic N) is 1. The summed E-state index contributed by atoms with van der Waals surface area (Å²) in [6, 6.07) is 7.46. The van der Waals surface area contributed by atoms with Gasteiger partial charge < -0.3 is 10.0 Å². The maximum absolute atomic E-state index is 12.7. The second-order valence-electron chi connectivity index (χ2n) is 7.93. The number of rotatable bonds is 4. The van der Waals surface area contributed by atoms with Crippen LogP contribution in [0.5, 0.6) is 0 Å². The number of carbonyl (C=O) groups excluding carboxylic acids is 1. The molecule has 1 heterocycles. The van der Waals surface area contributed by atoms with Crippen LogP contribution in [0.3, 0.4) is 0 Å². The molecule has 1 N–H and O–H groups in total. The molecule has 140 valence electrons. The van der Waals surface area contributed by atoms with Crippen LogP contribution in [0.1, 0.15) is 36.7 Å². The number of carbonyl (C=O) groups is 1. The molecule has 1 fully saturated rings. The van der Waals surface area contributed by atoms with Gasteiger partial charge in [-0.2, -0.15) is 0 Å². The standard InChI is InChI=1S/C18H28N2O4S/c1-18(2,3)15-8-6-13(7-9-15)17(22)20-10-14(16(21)11-20)12-25(23,24)19(4)5/h6-9,14,16,21H,10-12H2,1-5H3. The molecule has 0 radical (unpaired) electrons. The van der Waals surface area contributed by atoms with Crippen molar-refractivity contribution < 1.29 is 18.3 Å². The minimum absolute atomic E-state index is 0.0110. The number of amides is 1. The quantitative estimate of drug-likeness (QED) is 0.869. The van der Waals surface area contributed by atoms with Crippen LogP contribution < -0.4 is 0 Å². The molecule has 0 saturated carbocycles. The van der Waals surface area contributed by atoms with Gasteiger partial charge in [-0.05, 0) is 23.1 Å². The number of sulfonamides is 1. The zero-order chi connectivity index (χ0) is 19.0. The van der Waals surface area contributed by atoms with Crippen molar-refractivity contribution in [2.75, 3.05) is 32.9 Å². The lowest BCUT2D eigenvalue weighted by atomic mass is 9.86. The summed E-state index contributed by atoms with van der Waals surface area (Å²) in [4.78, 5) is 14.2. The molecule has 0 aromatic heterocycles. The number of nitrogens with zero attached hydrogens (tertiary/aromatic N) is 2.